The molecule has 0 spiro atoms. The zero-order valence-corrected chi connectivity index (χ0v) is 14.5. The predicted octanol–water partition coefficient (Wildman–Crippen LogP) is 2.81. The van der Waals surface area contributed by atoms with Crippen molar-refractivity contribution in [2.75, 3.05) is 11.9 Å². The first-order chi connectivity index (χ1) is 12.2. The lowest BCUT2D eigenvalue weighted by atomic mass is 9.98. The number of quaternary nitrogens is 1. The third kappa shape index (κ3) is 3.28. The maximum atomic E-state index is 12.7. The average Bonchev–Trinajstić information content (AvgIpc) is 2.67. The lowest BCUT2D eigenvalue weighted by Gasteiger charge is -2.30. The van der Waals surface area contributed by atoms with Gasteiger partial charge in [-0.1, -0.05) is 54.6 Å². The van der Waals surface area contributed by atoms with Crippen molar-refractivity contribution in [1.29, 1.82) is 0 Å². The molecule has 0 saturated heterocycles. The summed E-state index contributed by atoms with van der Waals surface area (Å²) in [4.78, 5) is 14.1. The van der Waals surface area contributed by atoms with E-state index in [9.17, 15) is 4.79 Å². The second-order valence-corrected chi connectivity index (χ2v) is 6.88. The number of benzene rings is 3. The Morgan fingerprint density at radius 3 is 2.52 bits per heavy atom. The van der Waals surface area contributed by atoms with E-state index in [2.05, 4.69) is 47.8 Å². The molecule has 0 bridgehead atoms. The quantitative estimate of drug-likeness (QED) is 0.760. The maximum absolute atomic E-state index is 12.7. The van der Waals surface area contributed by atoms with E-state index in [0.717, 1.165) is 30.6 Å². The van der Waals surface area contributed by atoms with E-state index in [1.54, 1.807) is 0 Å². The molecule has 3 heteroatoms. The number of anilines is 1. The highest BCUT2D eigenvalue weighted by molar-refractivity contribution is 5.96. The second kappa shape index (κ2) is 6.69. The Morgan fingerprint density at radius 2 is 1.68 bits per heavy atom. The van der Waals surface area contributed by atoms with Gasteiger partial charge in [0.2, 0.25) is 0 Å². The van der Waals surface area contributed by atoms with Crippen LogP contribution in [-0.4, -0.2) is 18.5 Å². The Labute approximate surface area is 148 Å². The number of carbonyl (C=O) groups is 1. The second-order valence-electron chi connectivity index (χ2n) is 6.88. The van der Waals surface area contributed by atoms with Gasteiger partial charge in [0, 0.05) is 17.7 Å². The Balaban J connectivity index is 1.47. The van der Waals surface area contributed by atoms with E-state index < -0.39 is 0 Å². The first-order valence-corrected chi connectivity index (χ1v) is 8.92. The summed E-state index contributed by atoms with van der Waals surface area (Å²) in [7, 11) is 0. The van der Waals surface area contributed by atoms with Gasteiger partial charge in [0.25, 0.3) is 5.91 Å². The van der Waals surface area contributed by atoms with Crippen molar-refractivity contribution in [3.63, 3.8) is 0 Å². The first kappa shape index (κ1) is 15.9. The molecule has 0 aliphatic carbocycles. The predicted molar refractivity (Wildman–Crippen MR) is 102 cm³/mol. The van der Waals surface area contributed by atoms with Gasteiger partial charge in [0.05, 0.1) is 6.54 Å². The van der Waals surface area contributed by atoms with Crippen molar-refractivity contribution in [2.24, 2.45) is 0 Å². The summed E-state index contributed by atoms with van der Waals surface area (Å²) >= 11 is 0. The highest BCUT2D eigenvalue weighted by Crippen LogP contribution is 2.19. The Kier molecular flexibility index (Phi) is 4.24. The van der Waals surface area contributed by atoms with Crippen LogP contribution in [0.15, 0.2) is 66.7 Å². The molecular weight excluding hydrogens is 308 g/mol. The summed E-state index contributed by atoms with van der Waals surface area (Å²) in [6.07, 6.45) is 1.04. The molecule has 3 nitrogen and oxygen atoms in total. The van der Waals surface area contributed by atoms with Crippen molar-refractivity contribution in [2.45, 2.75) is 25.9 Å². The van der Waals surface area contributed by atoms with E-state index in [4.69, 9.17) is 0 Å². The Bertz CT molecular complexity index is 919. The van der Waals surface area contributed by atoms with Gasteiger partial charge in [-0.3, -0.25) is 4.79 Å². The molecule has 0 fully saturated rings. The molecule has 126 valence electrons. The van der Waals surface area contributed by atoms with E-state index in [1.165, 1.54) is 21.4 Å². The number of fused-ring (bicyclic) bond motifs is 2. The highest BCUT2D eigenvalue weighted by atomic mass is 16.2. The van der Waals surface area contributed by atoms with Crippen LogP contribution in [0.3, 0.4) is 0 Å². The van der Waals surface area contributed by atoms with Crippen LogP contribution < -0.4 is 10.2 Å². The van der Waals surface area contributed by atoms with Gasteiger partial charge in [0.15, 0.2) is 6.04 Å². The van der Waals surface area contributed by atoms with Crippen LogP contribution >= 0.6 is 0 Å². The van der Waals surface area contributed by atoms with Crippen molar-refractivity contribution < 1.29 is 9.69 Å². The van der Waals surface area contributed by atoms with E-state index in [0.29, 0.717) is 0 Å². The summed E-state index contributed by atoms with van der Waals surface area (Å²) in [6.45, 7) is 3.95. The van der Waals surface area contributed by atoms with Gasteiger partial charge in [0.1, 0.15) is 6.54 Å². The molecule has 0 saturated carbocycles. The van der Waals surface area contributed by atoms with Gasteiger partial charge < -0.3 is 10.2 Å². The molecule has 0 aromatic heterocycles. The SMILES string of the molecule is C[C@@H](C(=O)Nc1ccc2ccccc2c1)[NH+]1CCc2ccccc2C1. The molecule has 1 aliphatic rings. The summed E-state index contributed by atoms with van der Waals surface area (Å²) in [5.74, 6) is 0.0877. The van der Waals surface area contributed by atoms with E-state index in [1.807, 2.05) is 31.2 Å². The number of rotatable bonds is 3. The Hall–Kier alpha value is -2.65. The summed E-state index contributed by atoms with van der Waals surface area (Å²) < 4.78 is 0. The molecule has 1 amide bonds. The van der Waals surface area contributed by atoms with Gasteiger partial charge in [-0.15, -0.1) is 0 Å². The standard InChI is InChI=1S/C22H22N2O/c1-16(24-13-12-18-7-3-5-9-20(18)15-24)22(25)23-21-11-10-17-6-2-4-8-19(17)14-21/h2-11,14,16H,12-13,15H2,1H3,(H,23,25)/p+1/t16-/m0/s1. The summed E-state index contributed by atoms with van der Waals surface area (Å²) in [5.41, 5.74) is 3.66. The zero-order chi connectivity index (χ0) is 17.2. The highest BCUT2D eigenvalue weighted by Gasteiger charge is 2.28. The topological polar surface area (TPSA) is 33.5 Å². The minimum absolute atomic E-state index is 0.0696. The molecule has 0 radical (unpaired) electrons. The number of hydrogen-bond acceptors (Lipinski definition) is 1. The smallest absolute Gasteiger partial charge is 0.282 e. The van der Waals surface area contributed by atoms with Gasteiger partial charge in [-0.05, 0) is 35.4 Å². The molecule has 1 heterocycles. The number of carbonyl (C=O) groups excluding carboxylic acids is 1. The van der Waals surface area contributed by atoms with Crippen molar-refractivity contribution in [1.82, 2.24) is 0 Å². The van der Waals surface area contributed by atoms with Gasteiger partial charge in [-0.25, -0.2) is 0 Å². The summed E-state index contributed by atoms with van der Waals surface area (Å²) in [6, 6.07) is 22.8. The molecule has 3 aromatic rings. The molecule has 1 aliphatic heterocycles. The van der Waals surface area contributed by atoms with Crippen LogP contribution in [0.2, 0.25) is 0 Å². The van der Waals surface area contributed by atoms with Crippen LogP contribution in [0, 0.1) is 0 Å². The number of amides is 1. The summed E-state index contributed by atoms with van der Waals surface area (Å²) in [5, 5.41) is 5.43. The van der Waals surface area contributed by atoms with Crippen molar-refractivity contribution in [3.8, 4) is 0 Å². The van der Waals surface area contributed by atoms with Crippen LogP contribution in [-0.2, 0) is 17.8 Å². The lowest BCUT2D eigenvalue weighted by molar-refractivity contribution is -0.929. The average molecular weight is 331 g/mol. The third-order valence-electron chi connectivity index (χ3n) is 5.27. The Morgan fingerprint density at radius 1 is 0.960 bits per heavy atom. The van der Waals surface area contributed by atoms with Crippen LogP contribution in [0.4, 0.5) is 5.69 Å². The van der Waals surface area contributed by atoms with Crippen LogP contribution in [0.1, 0.15) is 18.1 Å². The normalized spacial score (nSPS) is 17.7. The van der Waals surface area contributed by atoms with E-state index >= 15 is 0 Å². The minimum Gasteiger partial charge on any atom is -0.321 e. The molecule has 25 heavy (non-hydrogen) atoms. The molecule has 3 aromatic carbocycles. The lowest BCUT2D eigenvalue weighted by Crippen LogP contribution is -3.16. The number of nitrogens with one attached hydrogen (secondary N) is 2. The number of hydrogen-bond donors (Lipinski definition) is 2. The molecular formula is C22H23N2O+. The fourth-order valence-corrected chi connectivity index (χ4v) is 3.67. The molecule has 2 N–H and O–H groups in total. The molecule has 4 rings (SSSR count). The van der Waals surface area contributed by atoms with Crippen molar-refractivity contribution in [3.05, 3.63) is 77.9 Å². The van der Waals surface area contributed by atoms with Gasteiger partial charge in [-0.2, -0.15) is 0 Å². The molecule has 2 atom stereocenters. The van der Waals surface area contributed by atoms with Crippen LogP contribution in [0.5, 0.6) is 0 Å². The van der Waals surface area contributed by atoms with Crippen molar-refractivity contribution >= 4 is 22.4 Å². The third-order valence-corrected chi connectivity index (χ3v) is 5.27. The fourth-order valence-electron chi connectivity index (χ4n) is 3.67. The molecule has 1 unspecified atom stereocenters. The largest absolute Gasteiger partial charge is 0.321 e. The minimum atomic E-state index is -0.0696. The van der Waals surface area contributed by atoms with E-state index in [-0.39, 0.29) is 11.9 Å². The van der Waals surface area contributed by atoms with Crippen LogP contribution in [0.25, 0.3) is 10.8 Å². The fraction of sp³-hybridized carbons (Fsp3) is 0.227. The zero-order valence-electron chi connectivity index (χ0n) is 14.5. The monoisotopic (exact) mass is 331 g/mol. The first-order valence-electron chi connectivity index (χ1n) is 8.92. The maximum Gasteiger partial charge on any atom is 0.282 e. The van der Waals surface area contributed by atoms with Gasteiger partial charge >= 0.3 is 0 Å².